The van der Waals surface area contributed by atoms with Gasteiger partial charge < -0.3 is 16.0 Å². The van der Waals surface area contributed by atoms with E-state index in [1.54, 1.807) is 17.0 Å². The number of hydrogen-bond acceptors (Lipinski definition) is 4. The number of nitrogens with zero attached hydrogens (tertiary/aromatic N) is 2. The van der Waals surface area contributed by atoms with Crippen LogP contribution in [0.2, 0.25) is 0 Å². The molecule has 2 rings (SSSR count). The van der Waals surface area contributed by atoms with Crippen molar-refractivity contribution in [2.75, 3.05) is 44.6 Å². The number of anilines is 1. The molecule has 1 aliphatic heterocycles. The zero-order chi connectivity index (χ0) is 15.2. The number of piperazine rings is 1. The molecular formula is C15H22N4O2. The molecule has 21 heavy (non-hydrogen) atoms. The lowest BCUT2D eigenvalue weighted by Gasteiger charge is -2.34. The van der Waals surface area contributed by atoms with E-state index in [0.29, 0.717) is 25.3 Å². The summed E-state index contributed by atoms with van der Waals surface area (Å²) in [6, 6.07) is 7.37. The van der Waals surface area contributed by atoms with Gasteiger partial charge in [-0.25, -0.2) is 0 Å². The average molecular weight is 290 g/mol. The normalized spacial score (nSPS) is 15.8. The van der Waals surface area contributed by atoms with Crippen LogP contribution in [0.5, 0.6) is 0 Å². The topological polar surface area (TPSA) is 78.7 Å². The zero-order valence-electron chi connectivity index (χ0n) is 12.3. The van der Waals surface area contributed by atoms with Gasteiger partial charge in [-0.1, -0.05) is 17.7 Å². The average Bonchev–Trinajstić information content (AvgIpc) is 2.50. The van der Waals surface area contributed by atoms with E-state index in [1.165, 1.54) is 0 Å². The fourth-order valence-electron chi connectivity index (χ4n) is 2.32. The summed E-state index contributed by atoms with van der Waals surface area (Å²) in [5, 5.41) is 2.64. The van der Waals surface area contributed by atoms with Crippen LogP contribution < -0.4 is 11.1 Å². The second-order valence-corrected chi connectivity index (χ2v) is 5.24. The molecule has 1 saturated heterocycles. The summed E-state index contributed by atoms with van der Waals surface area (Å²) < 4.78 is 0. The fraction of sp³-hybridized carbons (Fsp3) is 0.467. The first-order valence-electron chi connectivity index (χ1n) is 7.19. The van der Waals surface area contributed by atoms with Gasteiger partial charge in [0.2, 0.25) is 0 Å². The maximum absolute atomic E-state index is 12.1. The van der Waals surface area contributed by atoms with Crippen molar-refractivity contribution in [3.8, 4) is 0 Å². The number of carbonyl (C=O) groups is 2. The van der Waals surface area contributed by atoms with Crippen LogP contribution in [0.15, 0.2) is 24.3 Å². The van der Waals surface area contributed by atoms with Crippen molar-refractivity contribution in [1.82, 2.24) is 9.80 Å². The van der Waals surface area contributed by atoms with E-state index >= 15 is 0 Å². The molecule has 1 fully saturated rings. The summed E-state index contributed by atoms with van der Waals surface area (Å²) in [7, 11) is 0. The highest BCUT2D eigenvalue weighted by Crippen LogP contribution is 2.09. The molecule has 0 atom stereocenters. The standard InChI is InChI=1S/C15H22N4O2/c1-12-2-4-13(5-3-12)17-14(20)15(21)19-10-8-18(7-6-16)9-11-19/h2-5H,6-11,16H2,1H3,(H,17,20). The van der Waals surface area contributed by atoms with Crippen LogP contribution in [-0.2, 0) is 9.59 Å². The largest absolute Gasteiger partial charge is 0.332 e. The molecule has 0 unspecified atom stereocenters. The Morgan fingerprint density at radius 1 is 1.14 bits per heavy atom. The lowest BCUT2D eigenvalue weighted by atomic mass is 10.2. The molecule has 0 spiro atoms. The second-order valence-electron chi connectivity index (χ2n) is 5.24. The van der Waals surface area contributed by atoms with E-state index in [9.17, 15) is 9.59 Å². The Kier molecular flexibility index (Phi) is 5.30. The number of rotatable bonds is 3. The molecule has 6 nitrogen and oxygen atoms in total. The molecule has 1 aliphatic rings. The number of hydrogen-bond donors (Lipinski definition) is 2. The third-order valence-electron chi connectivity index (χ3n) is 3.61. The Labute approximate surface area is 124 Å². The minimum absolute atomic E-state index is 0.469. The molecule has 1 heterocycles. The van der Waals surface area contributed by atoms with Crippen molar-refractivity contribution in [1.29, 1.82) is 0 Å². The number of nitrogens with one attached hydrogen (secondary N) is 1. The van der Waals surface area contributed by atoms with Gasteiger partial charge in [0, 0.05) is 45.0 Å². The van der Waals surface area contributed by atoms with Gasteiger partial charge in [-0.2, -0.15) is 0 Å². The second kappa shape index (κ2) is 7.19. The van der Waals surface area contributed by atoms with Crippen LogP contribution in [0.25, 0.3) is 0 Å². The first kappa shape index (κ1) is 15.5. The molecular weight excluding hydrogens is 268 g/mol. The molecule has 3 N–H and O–H groups in total. The van der Waals surface area contributed by atoms with Gasteiger partial charge >= 0.3 is 11.8 Å². The van der Waals surface area contributed by atoms with Crippen molar-refractivity contribution in [3.63, 3.8) is 0 Å². The number of carbonyl (C=O) groups excluding carboxylic acids is 2. The fourth-order valence-corrected chi connectivity index (χ4v) is 2.32. The first-order valence-corrected chi connectivity index (χ1v) is 7.19. The molecule has 0 aromatic heterocycles. The predicted molar refractivity (Wildman–Crippen MR) is 81.9 cm³/mol. The van der Waals surface area contributed by atoms with Crippen molar-refractivity contribution >= 4 is 17.5 Å². The van der Waals surface area contributed by atoms with Gasteiger partial charge in [0.1, 0.15) is 0 Å². The lowest BCUT2D eigenvalue weighted by molar-refractivity contribution is -0.144. The van der Waals surface area contributed by atoms with E-state index in [-0.39, 0.29) is 0 Å². The Morgan fingerprint density at radius 3 is 2.33 bits per heavy atom. The summed E-state index contributed by atoms with van der Waals surface area (Å²) in [5.41, 5.74) is 7.26. The van der Waals surface area contributed by atoms with Crippen molar-refractivity contribution in [2.24, 2.45) is 5.73 Å². The molecule has 0 bridgehead atoms. The van der Waals surface area contributed by atoms with Crippen molar-refractivity contribution in [3.05, 3.63) is 29.8 Å². The third kappa shape index (κ3) is 4.27. The van der Waals surface area contributed by atoms with Crippen LogP contribution in [-0.4, -0.2) is 60.9 Å². The number of amides is 2. The van der Waals surface area contributed by atoms with E-state index in [4.69, 9.17) is 5.73 Å². The third-order valence-corrected chi connectivity index (χ3v) is 3.61. The number of benzene rings is 1. The summed E-state index contributed by atoms with van der Waals surface area (Å²) >= 11 is 0. The number of nitrogens with two attached hydrogens (primary N) is 1. The molecule has 0 saturated carbocycles. The molecule has 0 aliphatic carbocycles. The van der Waals surface area contributed by atoms with Gasteiger partial charge in [0.25, 0.3) is 0 Å². The summed E-state index contributed by atoms with van der Waals surface area (Å²) in [6.45, 7) is 6.08. The predicted octanol–water partition coefficient (Wildman–Crippen LogP) is 0.0364. The van der Waals surface area contributed by atoms with Gasteiger partial charge in [-0.05, 0) is 19.1 Å². The highest BCUT2D eigenvalue weighted by molar-refractivity contribution is 6.39. The lowest BCUT2D eigenvalue weighted by Crippen LogP contribution is -2.52. The summed E-state index contributed by atoms with van der Waals surface area (Å²) in [6.07, 6.45) is 0. The zero-order valence-corrected chi connectivity index (χ0v) is 12.3. The first-order chi connectivity index (χ1) is 10.1. The van der Waals surface area contributed by atoms with Crippen LogP contribution in [0.3, 0.4) is 0 Å². The molecule has 1 aromatic rings. The van der Waals surface area contributed by atoms with Gasteiger partial charge in [0.05, 0.1) is 0 Å². The Balaban J connectivity index is 1.85. The minimum atomic E-state index is -0.578. The SMILES string of the molecule is Cc1ccc(NC(=O)C(=O)N2CCN(CCN)CC2)cc1. The molecule has 114 valence electrons. The quantitative estimate of drug-likeness (QED) is 0.770. The minimum Gasteiger partial charge on any atom is -0.332 e. The van der Waals surface area contributed by atoms with Gasteiger partial charge in [-0.3, -0.25) is 14.5 Å². The highest BCUT2D eigenvalue weighted by Gasteiger charge is 2.25. The monoisotopic (exact) mass is 290 g/mol. The maximum atomic E-state index is 12.1. The maximum Gasteiger partial charge on any atom is 0.313 e. The highest BCUT2D eigenvalue weighted by atomic mass is 16.2. The summed E-state index contributed by atoms with van der Waals surface area (Å²) in [5.74, 6) is -1.05. The Morgan fingerprint density at radius 2 is 1.76 bits per heavy atom. The van der Waals surface area contributed by atoms with E-state index in [2.05, 4.69) is 10.2 Å². The van der Waals surface area contributed by atoms with Crippen LogP contribution >= 0.6 is 0 Å². The molecule has 1 aromatic carbocycles. The van der Waals surface area contributed by atoms with Crippen molar-refractivity contribution < 1.29 is 9.59 Å². The van der Waals surface area contributed by atoms with Crippen LogP contribution in [0.4, 0.5) is 5.69 Å². The molecule has 6 heteroatoms. The summed E-state index contributed by atoms with van der Waals surface area (Å²) in [4.78, 5) is 27.9. The molecule has 0 radical (unpaired) electrons. The molecule has 2 amide bonds. The Hall–Kier alpha value is -1.92. The smallest absolute Gasteiger partial charge is 0.313 e. The van der Waals surface area contributed by atoms with Crippen molar-refractivity contribution in [2.45, 2.75) is 6.92 Å². The van der Waals surface area contributed by atoms with E-state index < -0.39 is 11.8 Å². The van der Waals surface area contributed by atoms with E-state index in [0.717, 1.165) is 25.2 Å². The Bertz CT molecular complexity index is 493. The van der Waals surface area contributed by atoms with Gasteiger partial charge in [-0.15, -0.1) is 0 Å². The number of aryl methyl sites for hydroxylation is 1. The van der Waals surface area contributed by atoms with Crippen LogP contribution in [0.1, 0.15) is 5.56 Å². The van der Waals surface area contributed by atoms with Crippen LogP contribution in [0, 0.1) is 6.92 Å². The van der Waals surface area contributed by atoms with E-state index in [1.807, 2.05) is 19.1 Å². The van der Waals surface area contributed by atoms with Gasteiger partial charge in [0.15, 0.2) is 0 Å².